The zero-order valence-electron chi connectivity index (χ0n) is 14.1. The molecule has 0 unspecified atom stereocenters. The fourth-order valence-electron chi connectivity index (χ4n) is 2.82. The second-order valence-electron chi connectivity index (χ2n) is 6.09. The largest absolute Gasteiger partial charge is 0.306 e. The smallest absolute Gasteiger partial charge is 0.273 e. The fourth-order valence-corrected chi connectivity index (χ4v) is 3.96. The molecule has 3 rings (SSSR count). The summed E-state index contributed by atoms with van der Waals surface area (Å²) in [5.41, 5.74) is 5.90. The molecule has 138 valence electrons. The van der Waals surface area contributed by atoms with E-state index in [1.807, 2.05) is 6.07 Å². The third-order valence-corrected chi connectivity index (χ3v) is 5.42. The number of nitrogens with zero attached hydrogens (tertiary/aromatic N) is 3. The Balaban J connectivity index is 1.46. The van der Waals surface area contributed by atoms with Gasteiger partial charge in [0.15, 0.2) is 0 Å². The van der Waals surface area contributed by atoms with Crippen LogP contribution in [0.2, 0.25) is 0 Å². The van der Waals surface area contributed by atoms with Gasteiger partial charge in [0.1, 0.15) is 12.4 Å². The highest BCUT2D eigenvalue weighted by atomic mass is 32.1. The van der Waals surface area contributed by atoms with Crippen molar-refractivity contribution in [3.05, 3.63) is 43.9 Å². The van der Waals surface area contributed by atoms with Gasteiger partial charge < -0.3 is 0 Å². The summed E-state index contributed by atoms with van der Waals surface area (Å²) in [4.78, 5) is 35.9. The number of nitrogens with one attached hydrogen (secondary N) is 2. The standard InChI is InChI=1S/C16H19N5O4S/c22-15(6-7-20-10-12(9-17-20)21(24)25)18-19-16(23)14-8-11-4-2-1-3-5-13(11)26-14/h8-10H,1-7H2,(H,18,22)(H,19,23). The molecular formula is C16H19N5O4S. The monoisotopic (exact) mass is 377 g/mol. The lowest BCUT2D eigenvalue weighted by atomic mass is 10.1. The number of carbonyl (C=O) groups excluding carboxylic acids is 2. The molecule has 0 saturated carbocycles. The molecule has 26 heavy (non-hydrogen) atoms. The molecule has 9 nitrogen and oxygen atoms in total. The first-order valence-corrected chi connectivity index (χ1v) is 9.22. The number of aryl methyl sites for hydroxylation is 3. The summed E-state index contributed by atoms with van der Waals surface area (Å²) < 4.78 is 1.32. The number of thiophene rings is 1. The number of hydrazine groups is 1. The van der Waals surface area contributed by atoms with Gasteiger partial charge in [-0.1, -0.05) is 6.42 Å². The van der Waals surface area contributed by atoms with Gasteiger partial charge in [0.2, 0.25) is 5.91 Å². The number of hydrogen-bond donors (Lipinski definition) is 2. The Bertz CT molecular complexity index is 805. The minimum Gasteiger partial charge on any atom is -0.273 e. The highest BCUT2D eigenvalue weighted by Crippen LogP contribution is 2.28. The molecule has 0 saturated heterocycles. The Morgan fingerprint density at radius 1 is 1.27 bits per heavy atom. The fraction of sp³-hybridized carbons (Fsp3) is 0.438. The maximum Gasteiger partial charge on any atom is 0.306 e. The number of amides is 2. The molecule has 0 bridgehead atoms. The average Bonchev–Trinajstić information content (AvgIpc) is 3.20. The van der Waals surface area contributed by atoms with Crippen molar-refractivity contribution < 1.29 is 14.5 Å². The Labute approximate surface area is 153 Å². The third kappa shape index (κ3) is 4.45. The summed E-state index contributed by atoms with van der Waals surface area (Å²) >= 11 is 1.48. The zero-order valence-corrected chi connectivity index (χ0v) is 14.9. The van der Waals surface area contributed by atoms with Crippen molar-refractivity contribution in [2.75, 3.05) is 0 Å². The van der Waals surface area contributed by atoms with Crippen LogP contribution in [0.5, 0.6) is 0 Å². The number of nitro groups is 1. The van der Waals surface area contributed by atoms with Gasteiger partial charge in [0.25, 0.3) is 5.91 Å². The highest BCUT2D eigenvalue weighted by Gasteiger charge is 2.17. The van der Waals surface area contributed by atoms with Crippen LogP contribution in [0.4, 0.5) is 5.69 Å². The van der Waals surface area contributed by atoms with E-state index in [0.29, 0.717) is 4.88 Å². The lowest BCUT2D eigenvalue weighted by Gasteiger charge is -2.06. The average molecular weight is 377 g/mol. The molecule has 2 aromatic heterocycles. The van der Waals surface area contributed by atoms with Gasteiger partial charge >= 0.3 is 5.69 Å². The SMILES string of the molecule is O=C(CCn1cc([N+](=O)[O-])cn1)NNC(=O)c1cc2c(s1)CCCCC2. The molecule has 0 aliphatic heterocycles. The van der Waals surface area contributed by atoms with E-state index in [1.54, 1.807) is 0 Å². The van der Waals surface area contributed by atoms with Crippen LogP contribution in [-0.4, -0.2) is 26.5 Å². The van der Waals surface area contributed by atoms with E-state index >= 15 is 0 Å². The molecule has 2 amide bonds. The Kier molecular flexibility index (Phi) is 5.61. The predicted octanol–water partition coefficient (Wildman–Crippen LogP) is 1.97. The Morgan fingerprint density at radius 2 is 2.08 bits per heavy atom. The molecule has 2 heterocycles. The van der Waals surface area contributed by atoms with E-state index in [2.05, 4.69) is 16.0 Å². The second kappa shape index (κ2) is 8.09. The van der Waals surface area contributed by atoms with Crippen molar-refractivity contribution in [1.29, 1.82) is 0 Å². The molecule has 0 atom stereocenters. The molecule has 0 radical (unpaired) electrons. The van der Waals surface area contributed by atoms with Gasteiger partial charge in [0, 0.05) is 11.3 Å². The zero-order chi connectivity index (χ0) is 18.5. The van der Waals surface area contributed by atoms with Crippen LogP contribution in [0.15, 0.2) is 18.5 Å². The van der Waals surface area contributed by atoms with Crippen LogP contribution >= 0.6 is 11.3 Å². The number of carbonyl (C=O) groups is 2. The normalized spacial score (nSPS) is 13.5. The Hall–Kier alpha value is -2.75. The van der Waals surface area contributed by atoms with Crippen molar-refractivity contribution in [3.63, 3.8) is 0 Å². The maximum atomic E-state index is 12.2. The number of fused-ring (bicyclic) bond motifs is 1. The van der Waals surface area contributed by atoms with Crippen molar-refractivity contribution in [1.82, 2.24) is 20.6 Å². The minimum absolute atomic E-state index is 0.0417. The third-order valence-electron chi connectivity index (χ3n) is 4.18. The molecule has 10 heteroatoms. The van der Waals surface area contributed by atoms with E-state index < -0.39 is 10.8 Å². The summed E-state index contributed by atoms with van der Waals surface area (Å²) in [6.07, 6.45) is 7.95. The van der Waals surface area contributed by atoms with E-state index in [-0.39, 0.29) is 24.6 Å². The van der Waals surface area contributed by atoms with Crippen LogP contribution in [0.1, 0.15) is 45.8 Å². The van der Waals surface area contributed by atoms with E-state index in [9.17, 15) is 19.7 Å². The number of rotatable bonds is 5. The molecule has 2 aromatic rings. The van der Waals surface area contributed by atoms with Crippen LogP contribution < -0.4 is 10.9 Å². The van der Waals surface area contributed by atoms with Gasteiger partial charge in [-0.2, -0.15) is 5.10 Å². The van der Waals surface area contributed by atoms with E-state index in [1.165, 1.54) is 39.1 Å². The first-order chi connectivity index (χ1) is 12.5. The summed E-state index contributed by atoms with van der Waals surface area (Å²) in [5, 5.41) is 14.4. The Morgan fingerprint density at radius 3 is 2.85 bits per heavy atom. The molecule has 0 aromatic carbocycles. The summed E-state index contributed by atoms with van der Waals surface area (Å²) in [6, 6.07) is 1.91. The first-order valence-electron chi connectivity index (χ1n) is 8.40. The molecule has 0 fully saturated rings. The maximum absolute atomic E-state index is 12.2. The van der Waals surface area contributed by atoms with Crippen molar-refractivity contribution in [3.8, 4) is 0 Å². The number of hydrogen-bond acceptors (Lipinski definition) is 6. The van der Waals surface area contributed by atoms with Crippen molar-refractivity contribution >= 4 is 28.8 Å². The summed E-state index contributed by atoms with van der Waals surface area (Å²) in [5.74, 6) is -0.722. The van der Waals surface area contributed by atoms with E-state index in [4.69, 9.17) is 0 Å². The predicted molar refractivity (Wildman–Crippen MR) is 94.7 cm³/mol. The van der Waals surface area contributed by atoms with Crippen LogP contribution in [0, 0.1) is 10.1 Å². The minimum atomic E-state index is -0.549. The van der Waals surface area contributed by atoms with Gasteiger partial charge in [-0.3, -0.25) is 35.2 Å². The second-order valence-corrected chi connectivity index (χ2v) is 7.23. The quantitative estimate of drug-likeness (QED) is 0.469. The van der Waals surface area contributed by atoms with E-state index in [0.717, 1.165) is 31.9 Å². The summed E-state index contributed by atoms with van der Waals surface area (Å²) in [6.45, 7) is 0.183. The van der Waals surface area contributed by atoms with Crippen LogP contribution in [0.3, 0.4) is 0 Å². The van der Waals surface area contributed by atoms with Gasteiger partial charge in [0.05, 0.1) is 16.3 Å². The van der Waals surface area contributed by atoms with Crippen LogP contribution in [0.25, 0.3) is 0 Å². The lowest BCUT2D eigenvalue weighted by Crippen LogP contribution is -2.41. The number of aromatic nitrogens is 2. The molecule has 2 N–H and O–H groups in total. The van der Waals surface area contributed by atoms with Crippen molar-refractivity contribution in [2.24, 2.45) is 0 Å². The molecule has 1 aliphatic carbocycles. The van der Waals surface area contributed by atoms with Gasteiger partial charge in [-0.15, -0.1) is 11.3 Å². The topological polar surface area (TPSA) is 119 Å². The summed E-state index contributed by atoms with van der Waals surface area (Å²) in [7, 11) is 0. The first kappa shape index (κ1) is 18.1. The van der Waals surface area contributed by atoms with Crippen LogP contribution in [-0.2, 0) is 24.2 Å². The van der Waals surface area contributed by atoms with Gasteiger partial charge in [-0.25, -0.2) is 0 Å². The molecular weight excluding hydrogens is 358 g/mol. The van der Waals surface area contributed by atoms with Gasteiger partial charge in [-0.05, 0) is 37.3 Å². The van der Waals surface area contributed by atoms with Crippen molar-refractivity contribution in [2.45, 2.75) is 45.1 Å². The highest BCUT2D eigenvalue weighted by molar-refractivity contribution is 7.14. The lowest BCUT2D eigenvalue weighted by molar-refractivity contribution is -0.385. The molecule has 0 spiro atoms. The molecule has 1 aliphatic rings.